The van der Waals surface area contributed by atoms with Gasteiger partial charge in [0.15, 0.2) is 0 Å². The molecule has 0 unspecified atom stereocenters. The minimum Gasteiger partial charge on any atom is -0.487 e. The average Bonchev–Trinajstić information content (AvgIpc) is 2.89. The molecule has 6 heteroatoms. The fourth-order valence-corrected chi connectivity index (χ4v) is 4.22. The highest BCUT2D eigenvalue weighted by atomic mass is 79.9. The predicted octanol–water partition coefficient (Wildman–Crippen LogP) is 5.73. The molecule has 2 aromatic rings. The smallest absolute Gasteiger partial charge is 0.293 e. The standard InChI is InChI=1S/C22H20BrNO3S/c1-4-5-17-10-16(12-19-21(25)24(3)22(26)28-19)11-18(23)20(17)27-13-15-8-6-14(2)7-9-15/h4,6-12H,1,5,13H2,2-3H3/b19-12-. The van der Waals surface area contributed by atoms with Gasteiger partial charge >= 0.3 is 0 Å². The fourth-order valence-electron chi connectivity index (χ4n) is 2.76. The van der Waals surface area contributed by atoms with Crippen molar-refractivity contribution >= 4 is 44.9 Å². The van der Waals surface area contributed by atoms with Gasteiger partial charge < -0.3 is 4.74 Å². The number of benzene rings is 2. The van der Waals surface area contributed by atoms with Crippen molar-refractivity contribution in [1.29, 1.82) is 0 Å². The largest absolute Gasteiger partial charge is 0.487 e. The van der Waals surface area contributed by atoms with Crippen LogP contribution in [-0.2, 0) is 17.8 Å². The van der Waals surface area contributed by atoms with Crippen LogP contribution in [0.5, 0.6) is 5.75 Å². The number of aryl methyl sites for hydroxylation is 1. The first-order valence-electron chi connectivity index (χ1n) is 8.72. The summed E-state index contributed by atoms with van der Waals surface area (Å²) < 4.78 is 6.87. The van der Waals surface area contributed by atoms with E-state index in [1.165, 1.54) is 12.6 Å². The van der Waals surface area contributed by atoms with Gasteiger partial charge in [-0.25, -0.2) is 0 Å². The van der Waals surface area contributed by atoms with E-state index in [1.807, 2.05) is 30.3 Å². The number of carbonyl (C=O) groups excluding carboxylic acids is 2. The third kappa shape index (κ3) is 4.56. The maximum absolute atomic E-state index is 12.1. The number of allylic oxidation sites excluding steroid dienone is 1. The number of thioether (sulfide) groups is 1. The molecule has 0 N–H and O–H groups in total. The first-order chi connectivity index (χ1) is 13.4. The van der Waals surface area contributed by atoms with Crippen LogP contribution in [0.15, 0.2) is 58.4 Å². The molecule has 2 amide bonds. The number of carbonyl (C=O) groups is 2. The summed E-state index contributed by atoms with van der Waals surface area (Å²) >= 11 is 4.53. The minimum absolute atomic E-state index is 0.264. The van der Waals surface area contributed by atoms with Crippen molar-refractivity contribution in [3.05, 3.63) is 80.7 Å². The monoisotopic (exact) mass is 457 g/mol. The molecule has 2 aromatic carbocycles. The molecule has 0 radical (unpaired) electrons. The topological polar surface area (TPSA) is 46.6 Å². The molecule has 28 heavy (non-hydrogen) atoms. The molecule has 0 atom stereocenters. The number of rotatable bonds is 6. The van der Waals surface area contributed by atoms with Crippen LogP contribution in [0.1, 0.15) is 22.3 Å². The van der Waals surface area contributed by atoms with Crippen molar-refractivity contribution in [3.63, 3.8) is 0 Å². The average molecular weight is 458 g/mol. The summed E-state index contributed by atoms with van der Waals surface area (Å²) in [5.74, 6) is 0.470. The molecular weight excluding hydrogens is 438 g/mol. The van der Waals surface area contributed by atoms with Crippen molar-refractivity contribution < 1.29 is 14.3 Å². The highest BCUT2D eigenvalue weighted by Crippen LogP contribution is 2.35. The quantitative estimate of drug-likeness (QED) is 0.410. The number of amides is 2. The Kier molecular flexibility index (Phi) is 6.42. The van der Waals surface area contributed by atoms with Crippen LogP contribution in [0.25, 0.3) is 6.08 Å². The molecular formula is C22H20BrNO3S. The lowest BCUT2D eigenvalue weighted by Crippen LogP contribution is -2.22. The van der Waals surface area contributed by atoms with Crippen molar-refractivity contribution in [2.45, 2.75) is 20.0 Å². The van der Waals surface area contributed by atoms with E-state index in [2.05, 4.69) is 41.6 Å². The van der Waals surface area contributed by atoms with Crippen LogP contribution in [-0.4, -0.2) is 23.1 Å². The number of ether oxygens (including phenoxy) is 1. The second-order valence-corrected chi connectivity index (χ2v) is 8.35. The molecule has 3 rings (SSSR count). The Hall–Kier alpha value is -2.31. The van der Waals surface area contributed by atoms with Gasteiger partial charge in [0.05, 0.1) is 9.38 Å². The SMILES string of the molecule is C=CCc1cc(/C=C2\SC(=O)N(C)C2=O)cc(Br)c1OCc1ccc(C)cc1. The van der Waals surface area contributed by atoms with Gasteiger partial charge in [-0.2, -0.15) is 0 Å². The predicted molar refractivity (Wildman–Crippen MR) is 117 cm³/mol. The zero-order valence-electron chi connectivity index (χ0n) is 15.7. The highest BCUT2D eigenvalue weighted by molar-refractivity contribution is 9.10. The molecule has 0 bridgehead atoms. The van der Waals surface area contributed by atoms with E-state index in [0.717, 1.165) is 43.6 Å². The molecule has 1 saturated heterocycles. The van der Waals surface area contributed by atoms with Crippen LogP contribution < -0.4 is 4.74 Å². The van der Waals surface area contributed by atoms with Gasteiger partial charge in [-0.1, -0.05) is 35.9 Å². The molecule has 4 nitrogen and oxygen atoms in total. The third-order valence-corrected chi connectivity index (χ3v) is 5.85. The number of hydrogen-bond donors (Lipinski definition) is 0. The van der Waals surface area contributed by atoms with E-state index in [4.69, 9.17) is 4.74 Å². The first-order valence-corrected chi connectivity index (χ1v) is 10.3. The van der Waals surface area contributed by atoms with Crippen molar-refractivity contribution in [1.82, 2.24) is 4.90 Å². The van der Waals surface area contributed by atoms with Crippen molar-refractivity contribution in [3.8, 4) is 5.75 Å². The van der Waals surface area contributed by atoms with E-state index < -0.39 is 0 Å². The summed E-state index contributed by atoms with van der Waals surface area (Å²) in [7, 11) is 1.49. The summed E-state index contributed by atoms with van der Waals surface area (Å²) in [5, 5.41) is -0.264. The molecule has 1 aliphatic heterocycles. The van der Waals surface area contributed by atoms with Crippen molar-refractivity contribution in [2.75, 3.05) is 7.05 Å². The number of hydrogen-bond acceptors (Lipinski definition) is 4. The molecule has 0 spiro atoms. The Morgan fingerprint density at radius 1 is 1.21 bits per heavy atom. The van der Waals surface area contributed by atoms with Gasteiger partial charge in [-0.3, -0.25) is 14.5 Å². The molecule has 0 aliphatic carbocycles. The lowest BCUT2D eigenvalue weighted by molar-refractivity contribution is -0.121. The van der Waals surface area contributed by atoms with Crippen LogP contribution >= 0.6 is 27.7 Å². The molecule has 1 fully saturated rings. The van der Waals surface area contributed by atoms with E-state index >= 15 is 0 Å². The Morgan fingerprint density at radius 2 is 1.93 bits per heavy atom. The van der Waals surface area contributed by atoms with Gasteiger partial charge in [-0.15, -0.1) is 6.58 Å². The number of halogens is 1. The maximum Gasteiger partial charge on any atom is 0.293 e. The molecule has 144 valence electrons. The van der Waals surface area contributed by atoms with Gasteiger partial charge in [0, 0.05) is 7.05 Å². The van der Waals surface area contributed by atoms with Crippen LogP contribution in [0.2, 0.25) is 0 Å². The summed E-state index contributed by atoms with van der Waals surface area (Å²) in [6.45, 7) is 6.33. The van der Waals surface area contributed by atoms with E-state index in [1.54, 1.807) is 6.08 Å². The Labute approximate surface area is 177 Å². The summed E-state index contributed by atoms with van der Waals surface area (Å²) in [5.41, 5.74) is 4.07. The molecule has 1 aliphatic rings. The zero-order chi connectivity index (χ0) is 20.3. The number of nitrogens with zero attached hydrogens (tertiary/aromatic N) is 1. The summed E-state index contributed by atoms with van der Waals surface area (Å²) in [6.07, 6.45) is 4.17. The summed E-state index contributed by atoms with van der Waals surface area (Å²) in [4.78, 5) is 25.4. The van der Waals surface area contributed by atoms with Gasteiger partial charge in [-0.05, 0) is 75.9 Å². The fraction of sp³-hybridized carbons (Fsp3) is 0.182. The zero-order valence-corrected chi connectivity index (χ0v) is 18.1. The van der Waals surface area contributed by atoms with Crippen molar-refractivity contribution in [2.24, 2.45) is 0 Å². The number of likely N-dealkylation sites (N-methyl/N-ethyl adjacent to an activating group) is 1. The van der Waals surface area contributed by atoms with Crippen LogP contribution in [0.3, 0.4) is 0 Å². The summed E-state index contributed by atoms with van der Waals surface area (Å²) in [6, 6.07) is 12.1. The molecule has 0 aromatic heterocycles. The third-order valence-electron chi connectivity index (χ3n) is 4.30. The minimum atomic E-state index is -0.281. The first kappa shape index (κ1) is 20.4. The van der Waals surface area contributed by atoms with Crippen LogP contribution in [0, 0.1) is 6.92 Å². The highest BCUT2D eigenvalue weighted by Gasteiger charge is 2.31. The second kappa shape index (κ2) is 8.80. The lowest BCUT2D eigenvalue weighted by Gasteiger charge is -2.14. The Balaban J connectivity index is 1.87. The maximum atomic E-state index is 12.1. The second-order valence-electron chi connectivity index (χ2n) is 6.50. The normalized spacial score (nSPS) is 15.4. The van der Waals surface area contributed by atoms with Gasteiger partial charge in [0.25, 0.3) is 11.1 Å². The lowest BCUT2D eigenvalue weighted by atomic mass is 10.1. The molecule has 0 saturated carbocycles. The van der Waals surface area contributed by atoms with E-state index in [9.17, 15) is 9.59 Å². The van der Waals surface area contributed by atoms with E-state index in [-0.39, 0.29) is 11.1 Å². The van der Waals surface area contributed by atoms with Crippen LogP contribution in [0.4, 0.5) is 4.79 Å². The Bertz CT molecular complexity index is 966. The van der Waals surface area contributed by atoms with E-state index in [0.29, 0.717) is 17.9 Å². The molecule has 1 heterocycles. The van der Waals surface area contributed by atoms with Gasteiger partial charge in [0.2, 0.25) is 0 Å². The number of imide groups is 1. The van der Waals surface area contributed by atoms with Gasteiger partial charge in [0.1, 0.15) is 12.4 Å². The Morgan fingerprint density at radius 3 is 2.54 bits per heavy atom.